The van der Waals surface area contributed by atoms with Gasteiger partial charge in [0.25, 0.3) is 0 Å². The average molecular weight is 737 g/mol. The van der Waals surface area contributed by atoms with Crippen LogP contribution in [0.15, 0.2) is 42.5 Å². The molecule has 1 aromatic carbocycles. The smallest absolute Gasteiger partial charge is 0.419 e. The molecule has 160 valence electrons. The summed E-state index contributed by atoms with van der Waals surface area (Å²) in [7, 11) is 0. The molecule has 0 aliphatic rings. The van der Waals surface area contributed by atoms with Gasteiger partial charge in [0.1, 0.15) is 17.3 Å². The zero-order valence-corrected chi connectivity index (χ0v) is 23.6. The molecule has 8 heteroatoms. The van der Waals surface area contributed by atoms with E-state index >= 15 is 0 Å². The second-order valence-electron chi connectivity index (χ2n) is 7.21. The number of carbonyl (C=O) groups excluding carboxylic acids is 2. The third kappa shape index (κ3) is 10.5. The first-order valence-electron chi connectivity index (χ1n) is 9.03. The van der Waals surface area contributed by atoms with Gasteiger partial charge in [-0.2, -0.15) is 0 Å². The molecule has 2 aromatic rings. The Morgan fingerprint density at radius 3 is 2.03 bits per heavy atom. The summed E-state index contributed by atoms with van der Waals surface area (Å²) in [5.41, 5.74) is 1.02. The minimum atomic E-state index is -0.640. The van der Waals surface area contributed by atoms with E-state index < -0.39 is 17.7 Å². The molecule has 0 fully saturated rings. The van der Waals surface area contributed by atoms with Gasteiger partial charge >= 0.3 is 12.1 Å². The molecule has 0 saturated heterocycles. The Hall–Kier alpha value is -0.370. The fourth-order valence-electron chi connectivity index (χ4n) is 2.04. The number of hydrogen-bond acceptors (Lipinski definition) is 4. The van der Waals surface area contributed by atoms with E-state index in [1.807, 2.05) is 30.3 Å². The van der Waals surface area contributed by atoms with Gasteiger partial charge in [-0.3, -0.25) is 0 Å². The van der Waals surface area contributed by atoms with Gasteiger partial charge in [-0.15, -0.1) is 0 Å². The summed E-state index contributed by atoms with van der Waals surface area (Å²) >= 11 is 7.24. The number of aryl methyl sites for hydroxylation is 1. The normalized spacial score (nSPS) is 11.3. The van der Waals surface area contributed by atoms with Crippen LogP contribution in [0.2, 0.25) is 0 Å². The summed E-state index contributed by atoms with van der Waals surface area (Å²) in [4.78, 5) is 24.5. The number of carbonyl (C=O) groups is 2. The van der Waals surface area contributed by atoms with Gasteiger partial charge in [0.2, 0.25) is 0 Å². The second-order valence-corrected chi connectivity index (χ2v) is 18.9. The summed E-state index contributed by atoms with van der Waals surface area (Å²) in [6, 6.07) is 12.6. The minimum Gasteiger partial charge on any atom is -0.456 e. The van der Waals surface area contributed by atoms with Crippen LogP contribution < -0.4 is 0 Å². The summed E-state index contributed by atoms with van der Waals surface area (Å²) in [5, 5.41) is 0. The first-order chi connectivity index (χ1) is 13.3. The maximum atomic E-state index is 12.3. The van der Waals surface area contributed by atoms with Crippen molar-refractivity contribution >= 4 is 79.8 Å². The first-order valence-corrected chi connectivity index (χ1v) is 12.3. The summed E-state index contributed by atoms with van der Waals surface area (Å²) < 4.78 is 12.3. The molecule has 0 spiro atoms. The Morgan fingerprint density at radius 1 is 1.00 bits per heavy atom. The van der Waals surface area contributed by atoms with Gasteiger partial charge in [-0.05, 0) is 51.8 Å². The predicted molar refractivity (Wildman–Crippen MR) is 141 cm³/mol. The largest absolute Gasteiger partial charge is 0.456 e. The van der Waals surface area contributed by atoms with Gasteiger partial charge < -0.3 is 9.47 Å². The monoisotopic (exact) mass is 737 g/mol. The number of halogens is 3. The SMILES string of the molecule is CCC(I)(I)I.Cc1ccc(C(=O)OCc2ccccc2)n1C(=O)OC(C)(C)C. The van der Waals surface area contributed by atoms with E-state index in [1.54, 1.807) is 39.8 Å². The minimum absolute atomic E-state index is 0.151. The van der Waals surface area contributed by atoms with Crippen LogP contribution in [0.4, 0.5) is 4.79 Å². The van der Waals surface area contributed by atoms with Gasteiger partial charge in [0.05, 0.1) is 0 Å². The molecule has 0 unspecified atom stereocenters. The molecule has 1 heterocycles. The standard InChI is InChI=1S/C18H21NO4.C3H5I3/c1-13-10-11-15(19(13)17(21)23-18(2,3)4)16(20)22-12-14-8-6-5-7-9-14;1-2-3(4,5)6/h5-11H,12H2,1-4H3;2H2,1H3. The van der Waals surface area contributed by atoms with Crippen molar-refractivity contribution < 1.29 is 19.1 Å². The highest BCUT2D eigenvalue weighted by Crippen LogP contribution is 2.38. The van der Waals surface area contributed by atoms with Gasteiger partial charge in [0.15, 0.2) is 0 Å². The van der Waals surface area contributed by atoms with E-state index in [2.05, 4.69) is 74.7 Å². The first kappa shape index (κ1) is 26.7. The molecule has 0 atom stereocenters. The van der Waals surface area contributed by atoms with Crippen molar-refractivity contribution in [2.45, 2.75) is 52.7 Å². The summed E-state index contributed by atoms with van der Waals surface area (Å²) in [6.45, 7) is 9.40. The molecular formula is C21H26I3NO4. The molecular weight excluding hydrogens is 711 g/mol. The highest BCUT2D eigenvalue weighted by Gasteiger charge is 2.24. The Kier molecular flexibility index (Phi) is 10.9. The van der Waals surface area contributed by atoms with E-state index in [0.29, 0.717) is 5.13 Å². The number of benzene rings is 1. The quantitative estimate of drug-likeness (QED) is 0.188. The topological polar surface area (TPSA) is 57.5 Å². The molecule has 0 saturated carbocycles. The highest BCUT2D eigenvalue weighted by atomic mass is 127. The van der Waals surface area contributed by atoms with Crippen molar-refractivity contribution in [2.24, 2.45) is 0 Å². The Labute approximate surface area is 213 Å². The van der Waals surface area contributed by atoms with Gasteiger partial charge in [-0.25, -0.2) is 14.2 Å². The number of rotatable bonds is 4. The summed E-state index contributed by atoms with van der Waals surface area (Å²) in [5.74, 6) is -0.562. The third-order valence-corrected chi connectivity index (χ3v) is 5.76. The van der Waals surface area contributed by atoms with E-state index in [9.17, 15) is 9.59 Å². The highest BCUT2D eigenvalue weighted by molar-refractivity contribution is 14.3. The number of esters is 1. The molecule has 1 aromatic heterocycles. The maximum absolute atomic E-state index is 12.3. The van der Waals surface area contributed by atoms with Crippen molar-refractivity contribution in [2.75, 3.05) is 0 Å². The molecule has 5 nitrogen and oxygen atoms in total. The lowest BCUT2D eigenvalue weighted by Gasteiger charge is -2.21. The Bertz CT molecular complexity index is 806. The van der Waals surface area contributed by atoms with E-state index in [0.717, 1.165) is 5.56 Å². The maximum Gasteiger partial charge on any atom is 0.419 e. The zero-order valence-electron chi connectivity index (χ0n) is 17.2. The van der Waals surface area contributed by atoms with Crippen LogP contribution in [0.5, 0.6) is 0 Å². The molecule has 0 aliphatic heterocycles. The number of ether oxygens (including phenoxy) is 2. The summed E-state index contributed by atoms with van der Waals surface area (Å²) in [6.07, 6.45) is 0.640. The lowest BCUT2D eigenvalue weighted by Crippen LogP contribution is -2.29. The van der Waals surface area contributed by atoms with Crippen molar-refractivity contribution in [3.05, 3.63) is 59.4 Å². The van der Waals surface area contributed by atoms with Gasteiger partial charge in [-0.1, -0.05) is 105 Å². The van der Waals surface area contributed by atoms with Crippen molar-refractivity contribution in [1.29, 1.82) is 0 Å². The predicted octanol–water partition coefficient (Wildman–Crippen LogP) is 7.29. The molecule has 29 heavy (non-hydrogen) atoms. The van der Waals surface area contributed by atoms with Crippen LogP contribution in [-0.4, -0.2) is 21.7 Å². The van der Waals surface area contributed by atoms with E-state index in [4.69, 9.17) is 9.47 Å². The number of hydrogen-bond donors (Lipinski definition) is 0. The number of alkyl halides is 3. The van der Waals surface area contributed by atoms with E-state index in [1.165, 1.54) is 11.0 Å². The molecule has 0 bridgehead atoms. The zero-order chi connectivity index (χ0) is 22.2. The third-order valence-electron chi connectivity index (χ3n) is 3.47. The average Bonchev–Trinajstić information content (AvgIpc) is 3.01. The fourth-order valence-corrected chi connectivity index (χ4v) is 2.04. The molecule has 0 radical (unpaired) electrons. The van der Waals surface area contributed by atoms with Crippen molar-refractivity contribution in [3.8, 4) is 0 Å². The fraction of sp³-hybridized carbons (Fsp3) is 0.429. The Morgan fingerprint density at radius 2 is 1.55 bits per heavy atom. The van der Waals surface area contributed by atoms with Crippen LogP contribution in [0.1, 0.15) is 55.9 Å². The van der Waals surface area contributed by atoms with Crippen LogP contribution in [0.3, 0.4) is 0 Å². The van der Waals surface area contributed by atoms with Crippen molar-refractivity contribution in [1.82, 2.24) is 4.57 Å². The lowest BCUT2D eigenvalue weighted by atomic mass is 10.2. The second kappa shape index (κ2) is 11.9. The van der Waals surface area contributed by atoms with Crippen LogP contribution in [0.25, 0.3) is 0 Å². The van der Waals surface area contributed by atoms with Crippen LogP contribution >= 0.6 is 67.8 Å². The Balaban J connectivity index is 0.000000612. The van der Waals surface area contributed by atoms with Crippen LogP contribution in [-0.2, 0) is 16.1 Å². The molecule has 0 aliphatic carbocycles. The molecule has 0 amide bonds. The van der Waals surface area contributed by atoms with Crippen molar-refractivity contribution in [3.63, 3.8) is 0 Å². The lowest BCUT2D eigenvalue weighted by molar-refractivity contribution is 0.0413. The molecule has 0 N–H and O–H groups in total. The van der Waals surface area contributed by atoms with Gasteiger partial charge in [0, 0.05) is 5.69 Å². The molecule has 2 rings (SSSR count). The number of nitrogens with zero attached hydrogens (tertiary/aromatic N) is 1. The van der Waals surface area contributed by atoms with Crippen LogP contribution in [0, 0.1) is 6.92 Å². The van der Waals surface area contributed by atoms with E-state index in [-0.39, 0.29) is 12.3 Å². The number of aromatic nitrogens is 1.